The zero-order chi connectivity index (χ0) is 21.2. The molecule has 0 amide bonds. The van der Waals surface area contributed by atoms with Crippen molar-refractivity contribution in [2.24, 2.45) is 10.9 Å². The number of aliphatic imine (C=N–C) groups is 1. The van der Waals surface area contributed by atoms with Gasteiger partial charge in [0, 0.05) is 36.6 Å². The van der Waals surface area contributed by atoms with Crippen LogP contribution in [0.2, 0.25) is 0 Å². The van der Waals surface area contributed by atoms with E-state index < -0.39 is 0 Å². The van der Waals surface area contributed by atoms with Crippen molar-refractivity contribution >= 4 is 17.7 Å². The average Bonchev–Trinajstić information content (AvgIpc) is 2.72. The van der Waals surface area contributed by atoms with Crippen molar-refractivity contribution in [2.75, 3.05) is 34.0 Å². The highest BCUT2D eigenvalue weighted by molar-refractivity contribution is 6.05. The zero-order valence-corrected chi connectivity index (χ0v) is 17.8. The minimum absolute atomic E-state index is 0.0547. The normalized spacial score (nSPS) is 12.8. The fourth-order valence-corrected chi connectivity index (χ4v) is 3.57. The van der Waals surface area contributed by atoms with Gasteiger partial charge in [-0.05, 0) is 50.8 Å². The lowest BCUT2D eigenvalue weighted by atomic mass is 9.84. The molecule has 1 aromatic rings. The predicted molar refractivity (Wildman–Crippen MR) is 110 cm³/mol. The Kier molecular flexibility index (Phi) is 8.96. The van der Waals surface area contributed by atoms with E-state index in [9.17, 15) is 9.59 Å². The molecule has 7 heteroatoms. The molecule has 0 fully saturated rings. The molecular formula is C22H31NO6. The number of rotatable bonds is 11. The Morgan fingerprint density at radius 1 is 0.966 bits per heavy atom. The molecule has 1 aliphatic heterocycles. The van der Waals surface area contributed by atoms with E-state index in [-0.39, 0.29) is 30.7 Å². The summed E-state index contributed by atoms with van der Waals surface area (Å²) >= 11 is 0. The van der Waals surface area contributed by atoms with Gasteiger partial charge in [0.1, 0.15) is 0 Å². The molecule has 1 aliphatic rings. The van der Waals surface area contributed by atoms with E-state index in [1.807, 2.05) is 12.1 Å². The first-order valence-corrected chi connectivity index (χ1v) is 10.1. The van der Waals surface area contributed by atoms with Crippen molar-refractivity contribution in [3.63, 3.8) is 0 Å². The van der Waals surface area contributed by atoms with E-state index in [1.54, 1.807) is 28.1 Å². The van der Waals surface area contributed by atoms with Gasteiger partial charge >= 0.3 is 11.9 Å². The maximum Gasteiger partial charge on any atom is 0.305 e. The minimum Gasteiger partial charge on any atom is -0.493 e. The highest BCUT2D eigenvalue weighted by atomic mass is 16.5. The van der Waals surface area contributed by atoms with Gasteiger partial charge < -0.3 is 18.9 Å². The summed E-state index contributed by atoms with van der Waals surface area (Å²) in [5.41, 5.74) is 3.03. The van der Waals surface area contributed by atoms with Crippen molar-refractivity contribution in [3.8, 4) is 11.5 Å². The second-order valence-electron chi connectivity index (χ2n) is 6.77. The number of carbonyl (C=O) groups excluding carboxylic acids is 2. The van der Waals surface area contributed by atoms with Gasteiger partial charge in [-0.25, -0.2) is 0 Å². The van der Waals surface area contributed by atoms with Gasteiger partial charge in [0.05, 0.1) is 27.4 Å². The fourth-order valence-electron chi connectivity index (χ4n) is 3.57. The molecule has 1 aromatic carbocycles. The van der Waals surface area contributed by atoms with Gasteiger partial charge in [0.25, 0.3) is 0 Å². The zero-order valence-electron chi connectivity index (χ0n) is 17.8. The molecule has 0 unspecified atom stereocenters. The van der Waals surface area contributed by atoms with Crippen LogP contribution in [0.3, 0.4) is 0 Å². The molecule has 0 aromatic heterocycles. The molecule has 0 atom stereocenters. The topological polar surface area (TPSA) is 83.4 Å². The van der Waals surface area contributed by atoms with E-state index in [2.05, 4.69) is 0 Å². The van der Waals surface area contributed by atoms with Crippen LogP contribution in [0.4, 0.5) is 0 Å². The van der Waals surface area contributed by atoms with Gasteiger partial charge in [-0.3, -0.25) is 14.6 Å². The number of ether oxygens (including phenoxy) is 4. The lowest BCUT2D eigenvalue weighted by Gasteiger charge is -2.25. The van der Waals surface area contributed by atoms with Crippen LogP contribution >= 0.6 is 0 Å². The molecule has 0 saturated heterocycles. The molecule has 0 saturated carbocycles. The molecule has 0 bridgehead atoms. The van der Waals surface area contributed by atoms with Crippen LogP contribution in [0.1, 0.15) is 50.7 Å². The van der Waals surface area contributed by atoms with Crippen LogP contribution < -0.4 is 9.47 Å². The van der Waals surface area contributed by atoms with Crippen LogP contribution in [0, 0.1) is 5.92 Å². The monoisotopic (exact) mass is 405 g/mol. The Labute approximate surface area is 172 Å². The van der Waals surface area contributed by atoms with Crippen LogP contribution in [0.15, 0.2) is 17.1 Å². The number of methoxy groups -OCH3 is 2. The molecule has 0 radical (unpaired) electrons. The summed E-state index contributed by atoms with van der Waals surface area (Å²) < 4.78 is 21.0. The highest BCUT2D eigenvalue weighted by Crippen LogP contribution is 2.35. The fraction of sp³-hybridized carbons (Fsp3) is 0.591. The minimum atomic E-state index is -0.238. The summed E-state index contributed by atoms with van der Waals surface area (Å²) in [4.78, 5) is 28.6. The molecule has 0 N–H and O–H groups in total. The molecule has 29 heavy (non-hydrogen) atoms. The molecular weight excluding hydrogens is 374 g/mol. The Balaban J connectivity index is 2.28. The molecule has 0 aliphatic carbocycles. The lowest BCUT2D eigenvalue weighted by molar-refractivity contribution is -0.143. The van der Waals surface area contributed by atoms with Gasteiger partial charge in [0.15, 0.2) is 11.5 Å². The smallest absolute Gasteiger partial charge is 0.305 e. The van der Waals surface area contributed by atoms with Crippen LogP contribution in [0.25, 0.3) is 0 Å². The summed E-state index contributed by atoms with van der Waals surface area (Å²) in [5, 5.41) is 0. The second-order valence-corrected chi connectivity index (χ2v) is 6.77. The summed E-state index contributed by atoms with van der Waals surface area (Å²) in [5.74, 6) is 0.786. The van der Waals surface area contributed by atoms with E-state index in [0.29, 0.717) is 44.1 Å². The summed E-state index contributed by atoms with van der Waals surface area (Å²) in [7, 11) is 3.21. The van der Waals surface area contributed by atoms with E-state index in [0.717, 1.165) is 23.3 Å². The van der Waals surface area contributed by atoms with Gasteiger partial charge in [0.2, 0.25) is 0 Å². The van der Waals surface area contributed by atoms with Crippen LogP contribution in [-0.2, 0) is 25.5 Å². The summed E-state index contributed by atoms with van der Waals surface area (Å²) in [6.45, 7) is 4.95. The first-order chi connectivity index (χ1) is 14.0. The van der Waals surface area contributed by atoms with Crippen LogP contribution in [-0.4, -0.2) is 51.6 Å². The van der Waals surface area contributed by atoms with Crippen molar-refractivity contribution in [1.29, 1.82) is 0 Å². The van der Waals surface area contributed by atoms with Gasteiger partial charge in [-0.2, -0.15) is 0 Å². The summed E-state index contributed by atoms with van der Waals surface area (Å²) in [6.07, 6.45) is 2.49. The third-order valence-electron chi connectivity index (χ3n) is 4.94. The lowest BCUT2D eigenvalue weighted by Crippen LogP contribution is -2.24. The van der Waals surface area contributed by atoms with E-state index in [1.165, 1.54) is 0 Å². The maximum atomic E-state index is 11.9. The Morgan fingerprint density at radius 3 is 2.03 bits per heavy atom. The van der Waals surface area contributed by atoms with Crippen molar-refractivity contribution in [2.45, 2.75) is 46.0 Å². The van der Waals surface area contributed by atoms with Crippen LogP contribution in [0.5, 0.6) is 11.5 Å². The van der Waals surface area contributed by atoms with Crippen molar-refractivity contribution in [3.05, 3.63) is 23.3 Å². The number of fused-ring (bicyclic) bond motifs is 1. The van der Waals surface area contributed by atoms with Gasteiger partial charge in [-0.1, -0.05) is 0 Å². The Bertz CT molecular complexity index is 721. The number of carbonyl (C=O) groups is 2. The Hall–Kier alpha value is -2.57. The Morgan fingerprint density at radius 2 is 1.52 bits per heavy atom. The quantitative estimate of drug-likeness (QED) is 0.525. The molecule has 7 nitrogen and oxygen atoms in total. The number of nitrogens with zero attached hydrogens (tertiary/aromatic N) is 1. The average molecular weight is 405 g/mol. The van der Waals surface area contributed by atoms with Crippen molar-refractivity contribution < 1.29 is 28.5 Å². The predicted octanol–water partition coefficient (Wildman–Crippen LogP) is 3.35. The first-order valence-electron chi connectivity index (χ1n) is 10.1. The molecule has 160 valence electrons. The highest BCUT2D eigenvalue weighted by Gasteiger charge is 2.26. The SMILES string of the molecule is CCOC(=O)CCC(CCC(=O)OCC)C1=NCCc2cc(OC)c(OC)cc21. The third kappa shape index (κ3) is 6.21. The standard InChI is InChI=1S/C22H31NO6/c1-5-28-20(24)9-7-15(8-10-21(25)29-6-2)22-17-14-19(27-4)18(26-3)13-16(17)11-12-23-22/h13-15H,5-12H2,1-4H3. The van der Waals surface area contributed by atoms with Gasteiger partial charge in [-0.15, -0.1) is 0 Å². The molecule has 2 rings (SSSR count). The van der Waals surface area contributed by atoms with E-state index >= 15 is 0 Å². The first kappa shape index (κ1) is 22.7. The number of hydrogen-bond donors (Lipinski definition) is 0. The second kappa shape index (κ2) is 11.4. The van der Waals surface area contributed by atoms with Crippen molar-refractivity contribution in [1.82, 2.24) is 0 Å². The number of hydrogen-bond acceptors (Lipinski definition) is 7. The largest absolute Gasteiger partial charge is 0.493 e. The third-order valence-corrected chi connectivity index (χ3v) is 4.94. The number of esters is 2. The summed E-state index contributed by atoms with van der Waals surface area (Å²) in [6, 6.07) is 3.92. The molecule has 0 spiro atoms. The molecule has 1 heterocycles. The number of benzene rings is 1. The maximum absolute atomic E-state index is 11.9. The van der Waals surface area contributed by atoms with E-state index in [4.69, 9.17) is 23.9 Å².